The molecule has 206 valence electrons. The first-order chi connectivity index (χ1) is 19.5. The molecule has 1 atom stereocenters. The number of carbonyl (C=O) groups excluding carboxylic acids is 2. The van der Waals surface area contributed by atoms with E-state index in [4.69, 9.17) is 14.7 Å². The topological polar surface area (TPSA) is 96.5 Å². The van der Waals surface area contributed by atoms with Gasteiger partial charge in [0.15, 0.2) is 5.92 Å². The number of hydrogen-bond donors (Lipinski definition) is 2. The number of benzene rings is 3. The normalized spacial score (nSPS) is 17.6. The summed E-state index contributed by atoms with van der Waals surface area (Å²) < 4.78 is 5.57. The Morgan fingerprint density at radius 2 is 1.48 bits per heavy atom. The highest BCUT2D eigenvalue weighted by molar-refractivity contribution is 6.03. The van der Waals surface area contributed by atoms with E-state index >= 15 is 0 Å². The molecule has 1 aromatic heterocycles. The van der Waals surface area contributed by atoms with Gasteiger partial charge >= 0.3 is 5.97 Å². The lowest BCUT2D eigenvalue weighted by molar-refractivity contribution is -0.150. The molecule has 1 unspecified atom stereocenters. The van der Waals surface area contributed by atoms with Crippen LogP contribution in [0.3, 0.4) is 0 Å². The van der Waals surface area contributed by atoms with E-state index < -0.39 is 11.9 Å². The second-order valence-electron chi connectivity index (χ2n) is 10.4. The lowest BCUT2D eigenvalue weighted by Gasteiger charge is -2.30. The van der Waals surface area contributed by atoms with Crippen LogP contribution < -0.4 is 15.5 Å². The Balaban J connectivity index is 1.20. The average Bonchev–Trinajstić information content (AvgIpc) is 2.98. The molecule has 3 aromatic carbocycles. The Bertz CT molecular complexity index is 1440. The largest absolute Gasteiger partial charge is 0.460 e. The zero-order valence-corrected chi connectivity index (χ0v) is 22.9. The number of carbonyl (C=O) groups is 2. The van der Waals surface area contributed by atoms with Crippen LogP contribution in [0.1, 0.15) is 42.7 Å². The van der Waals surface area contributed by atoms with Crippen LogP contribution in [0.4, 0.5) is 11.8 Å². The van der Waals surface area contributed by atoms with Gasteiger partial charge in [-0.15, -0.1) is 0 Å². The molecular weight excluding hydrogens is 502 g/mol. The Morgan fingerprint density at radius 1 is 0.850 bits per heavy atom. The monoisotopic (exact) mass is 537 g/mol. The van der Waals surface area contributed by atoms with E-state index in [2.05, 4.69) is 10.6 Å². The first-order valence-corrected chi connectivity index (χ1v) is 13.7. The smallest absolute Gasteiger partial charge is 0.323 e. The number of rotatable bonds is 9. The summed E-state index contributed by atoms with van der Waals surface area (Å²) in [7, 11) is 3.96. The number of aromatic nitrogens is 2. The van der Waals surface area contributed by atoms with Crippen molar-refractivity contribution in [2.24, 2.45) is 0 Å². The lowest BCUT2D eigenvalue weighted by Crippen LogP contribution is -2.44. The summed E-state index contributed by atoms with van der Waals surface area (Å²) in [4.78, 5) is 38.0. The van der Waals surface area contributed by atoms with E-state index in [1.165, 1.54) is 0 Å². The Hall–Kier alpha value is -4.46. The first-order valence-electron chi connectivity index (χ1n) is 13.7. The second-order valence-corrected chi connectivity index (χ2v) is 10.4. The number of anilines is 2. The molecule has 2 N–H and O–H groups in total. The van der Waals surface area contributed by atoms with Crippen molar-refractivity contribution in [2.45, 2.75) is 50.3 Å². The summed E-state index contributed by atoms with van der Waals surface area (Å²) in [5.41, 5.74) is 2.40. The maximum Gasteiger partial charge on any atom is 0.323 e. The van der Waals surface area contributed by atoms with Gasteiger partial charge in [0.05, 0.1) is 5.52 Å². The predicted octanol–water partition coefficient (Wildman–Crippen LogP) is 5.06. The maximum absolute atomic E-state index is 13.4. The molecule has 8 heteroatoms. The molecule has 1 fully saturated rings. The zero-order chi connectivity index (χ0) is 27.9. The first kappa shape index (κ1) is 27.1. The van der Waals surface area contributed by atoms with Crippen LogP contribution in [0.2, 0.25) is 0 Å². The summed E-state index contributed by atoms with van der Waals surface area (Å²) in [6.07, 6.45) is 3.29. The third-order valence-corrected chi connectivity index (χ3v) is 7.27. The van der Waals surface area contributed by atoms with Crippen molar-refractivity contribution in [3.8, 4) is 0 Å². The van der Waals surface area contributed by atoms with Crippen molar-refractivity contribution in [1.29, 1.82) is 0 Å². The minimum Gasteiger partial charge on any atom is -0.460 e. The molecule has 0 bridgehead atoms. The van der Waals surface area contributed by atoms with E-state index in [0.29, 0.717) is 11.5 Å². The quantitative estimate of drug-likeness (QED) is 0.228. The van der Waals surface area contributed by atoms with Gasteiger partial charge in [0.2, 0.25) is 11.9 Å². The van der Waals surface area contributed by atoms with Crippen molar-refractivity contribution >= 4 is 34.5 Å². The molecule has 1 aliphatic rings. The van der Waals surface area contributed by atoms with Crippen LogP contribution in [0.5, 0.6) is 0 Å². The summed E-state index contributed by atoms with van der Waals surface area (Å²) in [5.74, 6) is -0.404. The highest BCUT2D eigenvalue weighted by atomic mass is 16.5. The number of ether oxygens (including phenoxy) is 1. The summed E-state index contributed by atoms with van der Waals surface area (Å²) in [5, 5.41) is 7.64. The van der Waals surface area contributed by atoms with Crippen LogP contribution >= 0.6 is 0 Å². The number of hydrogen-bond acceptors (Lipinski definition) is 7. The number of para-hydroxylation sites is 1. The molecule has 0 saturated heterocycles. The molecule has 0 spiro atoms. The fourth-order valence-electron chi connectivity index (χ4n) is 5.17. The minimum absolute atomic E-state index is 0.0199. The zero-order valence-electron chi connectivity index (χ0n) is 22.9. The van der Waals surface area contributed by atoms with E-state index in [-0.39, 0.29) is 24.6 Å². The van der Waals surface area contributed by atoms with Crippen molar-refractivity contribution < 1.29 is 14.3 Å². The minimum atomic E-state index is -1.02. The SMILES string of the molecule is CN(C)c1nc(N[C@H]2CC[C@@H](NC(=O)C(C(=O)OCc3ccccc3)c3ccccc3)CC2)nc2ccccc12. The molecule has 8 nitrogen and oxygen atoms in total. The number of fused-ring (bicyclic) bond motifs is 1. The van der Waals surface area contributed by atoms with E-state index in [1.807, 2.05) is 91.8 Å². The third-order valence-electron chi connectivity index (χ3n) is 7.27. The van der Waals surface area contributed by atoms with Crippen molar-refractivity contribution in [3.05, 3.63) is 96.1 Å². The number of nitrogens with zero attached hydrogens (tertiary/aromatic N) is 3. The number of amides is 1. The Kier molecular flexibility index (Phi) is 8.54. The van der Waals surface area contributed by atoms with Gasteiger partial charge in [-0.2, -0.15) is 4.98 Å². The fourth-order valence-corrected chi connectivity index (χ4v) is 5.17. The maximum atomic E-state index is 13.4. The van der Waals surface area contributed by atoms with Crippen molar-refractivity contribution in [1.82, 2.24) is 15.3 Å². The summed E-state index contributed by atoms with van der Waals surface area (Å²) in [6, 6.07) is 26.8. The molecule has 0 aliphatic heterocycles. The Morgan fingerprint density at radius 3 is 2.17 bits per heavy atom. The third kappa shape index (κ3) is 6.57. The van der Waals surface area contributed by atoms with Gasteiger partial charge in [0.1, 0.15) is 12.4 Å². The summed E-state index contributed by atoms with van der Waals surface area (Å²) >= 11 is 0. The van der Waals surface area contributed by atoms with Gasteiger partial charge < -0.3 is 20.3 Å². The fraction of sp³-hybridized carbons (Fsp3) is 0.312. The van der Waals surface area contributed by atoms with Gasteiger partial charge in [0.25, 0.3) is 0 Å². The molecule has 1 amide bonds. The Labute approximate surface area is 234 Å². The van der Waals surface area contributed by atoms with Gasteiger partial charge in [0, 0.05) is 31.6 Å². The lowest BCUT2D eigenvalue weighted by atomic mass is 9.90. The van der Waals surface area contributed by atoms with Gasteiger partial charge in [-0.3, -0.25) is 9.59 Å². The van der Waals surface area contributed by atoms with E-state index in [1.54, 1.807) is 12.1 Å². The molecule has 40 heavy (non-hydrogen) atoms. The van der Waals surface area contributed by atoms with Crippen LogP contribution in [0.15, 0.2) is 84.9 Å². The predicted molar refractivity (Wildman–Crippen MR) is 157 cm³/mol. The highest BCUT2D eigenvalue weighted by Gasteiger charge is 2.32. The van der Waals surface area contributed by atoms with E-state index in [0.717, 1.165) is 48.0 Å². The number of esters is 1. The number of nitrogens with one attached hydrogen (secondary N) is 2. The molecule has 1 aliphatic carbocycles. The summed E-state index contributed by atoms with van der Waals surface area (Å²) in [6.45, 7) is 0.124. The molecule has 4 aromatic rings. The molecule has 0 radical (unpaired) electrons. The van der Waals surface area contributed by atoms with E-state index in [9.17, 15) is 9.59 Å². The van der Waals surface area contributed by atoms with Crippen molar-refractivity contribution in [3.63, 3.8) is 0 Å². The van der Waals surface area contributed by atoms with Crippen LogP contribution in [0, 0.1) is 0 Å². The van der Waals surface area contributed by atoms with Crippen LogP contribution in [-0.4, -0.2) is 48.0 Å². The highest BCUT2D eigenvalue weighted by Crippen LogP contribution is 2.27. The van der Waals surface area contributed by atoms with Crippen LogP contribution in [0.25, 0.3) is 10.9 Å². The van der Waals surface area contributed by atoms with Gasteiger partial charge in [-0.25, -0.2) is 4.98 Å². The van der Waals surface area contributed by atoms with Gasteiger partial charge in [-0.05, 0) is 48.9 Å². The molecule has 1 heterocycles. The van der Waals surface area contributed by atoms with Crippen LogP contribution in [-0.2, 0) is 20.9 Å². The molecule has 1 saturated carbocycles. The van der Waals surface area contributed by atoms with Gasteiger partial charge in [-0.1, -0.05) is 72.8 Å². The molecule has 5 rings (SSSR count). The standard InChI is InChI=1S/C32H35N5O3/c1-37(2)29-26-15-9-10-16-27(26)35-32(36-29)34-25-19-17-24(18-20-25)33-30(38)28(23-13-7-4-8-14-23)31(39)40-21-22-11-5-3-6-12-22/h3-16,24-25,28H,17-21H2,1-2H3,(H,33,38)(H,34,35,36)/t24-,25+,28?. The second kappa shape index (κ2) is 12.6. The van der Waals surface area contributed by atoms with Crippen molar-refractivity contribution in [2.75, 3.05) is 24.3 Å². The molecular formula is C32H35N5O3. The average molecular weight is 538 g/mol.